The Balaban J connectivity index is 2.10. The molecule has 1 atom stereocenters. The number of H-pyrrole nitrogens is 1. The predicted molar refractivity (Wildman–Crippen MR) is 95.1 cm³/mol. The van der Waals surface area contributed by atoms with E-state index >= 15 is 0 Å². The van der Waals surface area contributed by atoms with Gasteiger partial charge in [-0.15, -0.1) is 0 Å². The number of hydrogen-bond acceptors (Lipinski definition) is 5. The lowest BCUT2D eigenvalue weighted by molar-refractivity contribution is -0.126. The third kappa shape index (κ3) is 4.24. The highest BCUT2D eigenvalue weighted by atomic mass is 16.5. The van der Waals surface area contributed by atoms with Crippen LogP contribution in [0.25, 0.3) is 0 Å². The van der Waals surface area contributed by atoms with Crippen LogP contribution in [0.3, 0.4) is 0 Å². The summed E-state index contributed by atoms with van der Waals surface area (Å²) in [5.74, 6) is -0.963. The van der Waals surface area contributed by atoms with Gasteiger partial charge in [0.1, 0.15) is 5.69 Å². The molecule has 0 bridgehead atoms. The van der Waals surface area contributed by atoms with Crippen molar-refractivity contribution in [1.29, 1.82) is 0 Å². The monoisotopic (exact) mass is 365 g/mol. The SMILES string of the molecule is COCCNC(=O)[C@@H]1CCCN(C(=O)c2[nH]c(C)c(C(=O)OC)c2C)C1. The quantitative estimate of drug-likeness (QED) is 0.579. The summed E-state index contributed by atoms with van der Waals surface area (Å²) in [5.41, 5.74) is 1.94. The topological polar surface area (TPSA) is 101 Å². The number of piperidine rings is 1. The second-order valence-electron chi connectivity index (χ2n) is 6.49. The molecule has 2 N–H and O–H groups in total. The van der Waals surface area contributed by atoms with Crippen LogP contribution in [-0.2, 0) is 14.3 Å². The van der Waals surface area contributed by atoms with Crippen LogP contribution >= 0.6 is 0 Å². The van der Waals surface area contributed by atoms with Crippen molar-refractivity contribution >= 4 is 17.8 Å². The fourth-order valence-electron chi connectivity index (χ4n) is 3.33. The lowest BCUT2D eigenvalue weighted by atomic mass is 9.96. The molecule has 0 aromatic carbocycles. The maximum absolute atomic E-state index is 12.9. The second kappa shape index (κ2) is 8.84. The van der Waals surface area contributed by atoms with Crippen molar-refractivity contribution in [2.24, 2.45) is 5.92 Å². The summed E-state index contributed by atoms with van der Waals surface area (Å²) in [6.45, 7) is 5.32. The van der Waals surface area contributed by atoms with E-state index in [-0.39, 0.29) is 17.7 Å². The van der Waals surface area contributed by atoms with Gasteiger partial charge in [0.2, 0.25) is 5.91 Å². The Morgan fingerprint density at radius 2 is 2.00 bits per heavy atom. The maximum atomic E-state index is 12.9. The normalized spacial score (nSPS) is 17.1. The molecule has 8 heteroatoms. The average Bonchev–Trinajstić information content (AvgIpc) is 2.95. The van der Waals surface area contributed by atoms with Crippen LogP contribution in [0.15, 0.2) is 0 Å². The molecular formula is C18H27N3O5. The lowest BCUT2D eigenvalue weighted by Gasteiger charge is -2.32. The van der Waals surface area contributed by atoms with E-state index in [0.717, 1.165) is 12.8 Å². The fraction of sp³-hybridized carbons (Fsp3) is 0.611. The summed E-state index contributed by atoms with van der Waals surface area (Å²) in [6, 6.07) is 0. The molecule has 144 valence electrons. The van der Waals surface area contributed by atoms with Gasteiger partial charge in [0.05, 0.1) is 25.2 Å². The van der Waals surface area contributed by atoms with Crippen molar-refractivity contribution < 1.29 is 23.9 Å². The summed E-state index contributed by atoms with van der Waals surface area (Å²) < 4.78 is 9.72. The third-order valence-corrected chi connectivity index (χ3v) is 4.73. The molecule has 0 unspecified atom stereocenters. The van der Waals surface area contributed by atoms with Gasteiger partial charge in [-0.2, -0.15) is 0 Å². The van der Waals surface area contributed by atoms with E-state index in [0.29, 0.717) is 48.8 Å². The van der Waals surface area contributed by atoms with Crippen LogP contribution in [0, 0.1) is 19.8 Å². The van der Waals surface area contributed by atoms with E-state index in [4.69, 9.17) is 9.47 Å². The minimum atomic E-state index is -0.468. The molecule has 1 aromatic heterocycles. The number of nitrogens with zero attached hydrogens (tertiary/aromatic N) is 1. The number of likely N-dealkylation sites (tertiary alicyclic amines) is 1. The fourth-order valence-corrected chi connectivity index (χ4v) is 3.33. The van der Waals surface area contributed by atoms with Crippen LogP contribution in [0.5, 0.6) is 0 Å². The van der Waals surface area contributed by atoms with Crippen LogP contribution < -0.4 is 5.32 Å². The van der Waals surface area contributed by atoms with Gasteiger partial charge < -0.3 is 24.7 Å². The highest BCUT2D eigenvalue weighted by Crippen LogP contribution is 2.23. The van der Waals surface area contributed by atoms with Gasteiger partial charge in [0.25, 0.3) is 5.91 Å². The number of carbonyl (C=O) groups excluding carboxylic acids is 3. The minimum Gasteiger partial charge on any atom is -0.465 e. The van der Waals surface area contributed by atoms with Gasteiger partial charge in [-0.3, -0.25) is 9.59 Å². The highest BCUT2D eigenvalue weighted by Gasteiger charge is 2.31. The molecule has 0 radical (unpaired) electrons. The predicted octanol–water partition coefficient (Wildman–Crippen LogP) is 1.03. The van der Waals surface area contributed by atoms with Crippen molar-refractivity contribution in [3.63, 3.8) is 0 Å². The Morgan fingerprint density at radius 1 is 1.27 bits per heavy atom. The molecule has 1 aliphatic rings. The number of amides is 2. The first-order chi connectivity index (χ1) is 12.4. The highest BCUT2D eigenvalue weighted by molar-refractivity contribution is 6.00. The zero-order valence-electron chi connectivity index (χ0n) is 15.8. The molecule has 0 aliphatic carbocycles. The Hall–Kier alpha value is -2.35. The molecule has 2 amide bonds. The molecule has 8 nitrogen and oxygen atoms in total. The summed E-state index contributed by atoms with van der Waals surface area (Å²) >= 11 is 0. The zero-order chi connectivity index (χ0) is 19.3. The molecular weight excluding hydrogens is 338 g/mol. The van der Waals surface area contributed by atoms with Crippen molar-refractivity contribution in [3.05, 3.63) is 22.5 Å². The standard InChI is InChI=1S/C18H27N3O5/c1-11-14(18(24)26-4)12(2)20-15(11)17(23)21-8-5-6-13(10-21)16(22)19-7-9-25-3/h13,20H,5-10H2,1-4H3,(H,19,22)/t13-/m1/s1. The van der Waals surface area contributed by atoms with Gasteiger partial charge in [0, 0.05) is 32.4 Å². The van der Waals surface area contributed by atoms with Crippen LogP contribution in [0.1, 0.15) is 44.9 Å². The summed E-state index contributed by atoms with van der Waals surface area (Å²) in [6.07, 6.45) is 1.51. The molecule has 2 rings (SSSR count). The number of methoxy groups -OCH3 is 2. The van der Waals surface area contributed by atoms with Crippen molar-refractivity contribution in [3.8, 4) is 0 Å². The van der Waals surface area contributed by atoms with Crippen molar-refractivity contribution in [2.75, 3.05) is 40.5 Å². The average molecular weight is 365 g/mol. The molecule has 1 aliphatic heterocycles. The number of carbonyl (C=O) groups is 3. The zero-order valence-corrected chi connectivity index (χ0v) is 15.8. The molecule has 1 aromatic rings. The molecule has 1 saturated heterocycles. The second-order valence-corrected chi connectivity index (χ2v) is 6.49. The van der Waals surface area contributed by atoms with Gasteiger partial charge in [-0.05, 0) is 32.3 Å². The summed E-state index contributed by atoms with van der Waals surface area (Å²) in [5, 5.41) is 2.83. The first-order valence-electron chi connectivity index (χ1n) is 8.74. The maximum Gasteiger partial charge on any atom is 0.339 e. The number of aromatic nitrogens is 1. The smallest absolute Gasteiger partial charge is 0.339 e. The van der Waals surface area contributed by atoms with Gasteiger partial charge in [-0.1, -0.05) is 0 Å². The van der Waals surface area contributed by atoms with E-state index in [2.05, 4.69) is 10.3 Å². The number of ether oxygens (including phenoxy) is 2. The van der Waals surface area contributed by atoms with E-state index < -0.39 is 5.97 Å². The first kappa shape index (κ1) is 20.0. The largest absolute Gasteiger partial charge is 0.465 e. The van der Waals surface area contributed by atoms with Gasteiger partial charge in [0.15, 0.2) is 0 Å². The number of nitrogens with one attached hydrogen (secondary N) is 2. The minimum absolute atomic E-state index is 0.0609. The molecule has 0 saturated carbocycles. The number of aryl methyl sites for hydroxylation is 1. The number of aromatic amines is 1. The van der Waals surface area contributed by atoms with Gasteiger partial charge in [-0.25, -0.2) is 4.79 Å². The third-order valence-electron chi connectivity index (χ3n) is 4.73. The number of hydrogen-bond donors (Lipinski definition) is 2. The van der Waals surface area contributed by atoms with Crippen molar-refractivity contribution in [1.82, 2.24) is 15.2 Å². The van der Waals surface area contributed by atoms with Crippen LogP contribution in [0.2, 0.25) is 0 Å². The first-order valence-corrected chi connectivity index (χ1v) is 8.74. The Labute approximate surface area is 153 Å². The molecule has 26 heavy (non-hydrogen) atoms. The van der Waals surface area contributed by atoms with E-state index in [9.17, 15) is 14.4 Å². The van der Waals surface area contributed by atoms with E-state index in [1.165, 1.54) is 7.11 Å². The molecule has 1 fully saturated rings. The number of esters is 1. The van der Waals surface area contributed by atoms with Crippen molar-refractivity contribution in [2.45, 2.75) is 26.7 Å². The van der Waals surface area contributed by atoms with Crippen LogP contribution in [0.4, 0.5) is 0 Å². The molecule has 0 spiro atoms. The Bertz CT molecular complexity index is 683. The van der Waals surface area contributed by atoms with Gasteiger partial charge >= 0.3 is 5.97 Å². The Kier molecular flexibility index (Phi) is 6.79. The van der Waals surface area contributed by atoms with Crippen LogP contribution in [-0.4, -0.2) is 68.1 Å². The van der Waals surface area contributed by atoms with E-state index in [1.807, 2.05) is 0 Å². The molecule has 2 heterocycles. The Morgan fingerprint density at radius 3 is 2.65 bits per heavy atom. The summed E-state index contributed by atoms with van der Waals surface area (Å²) in [7, 11) is 2.89. The number of rotatable bonds is 6. The van der Waals surface area contributed by atoms with E-state index in [1.54, 1.807) is 25.9 Å². The summed E-state index contributed by atoms with van der Waals surface area (Å²) in [4.78, 5) is 41.7. The lowest BCUT2D eigenvalue weighted by Crippen LogP contribution is -2.46.